The van der Waals surface area contributed by atoms with Gasteiger partial charge in [-0.15, -0.1) is 0 Å². The van der Waals surface area contributed by atoms with Crippen molar-refractivity contribution in [3.8, 4) is 5.75 Å². The number of nitrogens with one attached hydrogen (secondary N) is 1. The SMILES string of the molecule is O=C1Nc2ccc(Cl)cc2/C1=C/c1ccc(OCc2ccc(F)cc2)cc1. The van der Waals surface area contributed by atoms with Crippen LogP contribution in [-0.4, -0.2) is 5.91 Å². The third-order valence-electron chi connectivity index (χ3n) is 4.27. The maximum absolute atomic E-state index is 12.9. The normalized spacial score (nSPS) is 14.1. The summed E-state index contributed by atoms with van der Waals surface area (Å²) in [4.78, 5) is 12.2. The zero-order valence-corrected chi connectivity index (χ0v) is 15.0. The van der Waals surface area contributed by atoms with Crippen LogP contribution in [-0.2, 0) is 11.4 Å². The van der Waals surface area contributed by atoms with Gasteiger partial charge in [-0.3, -0.25) is 4.79 Å². The van der Waals surface area contributed by atoms with E-state index in [-0.39, 0.29) is 11.7 Å². The monoisotopic (exact) mass is 379 g/mol. The van der Waals surface area contributed by atoms with Gasteiger partial charge in [0.1, 0.15) is 18.2 Å². The molecule has 1 amide bonds. The Morgan fingerprint density at radius 1 is 1.00 bits per heavy atom. The van der Waals surface area contributed by atoms with E-state index < -0.39 is 0 Å². The molecule has 0 atom stereocenters. The van der Waals surface area contributed by atoms with E-state index in [1.54, 1.807) is 30.3 Å². The first-order chi connectivity index (χ1) is 13.1. The number of benzene rings is 3. The second kappa shape index (κ2) is 7.25. The number of carbonyl (C=O) groups is 1. The number of carbonyl (C=O) groups excluding carboxylic acids is 1. The van der Waals surface area contributed by atoms with Crippen LogP contribution >= 0.6 is 11.6 Å². The van der Waals surface area contributed by atoms with Gasteiger partial charge in [0, 0.05) is 21.8 Å². The van der Waals surface area contributed by atoms with Crippen LogP contribution in [0.5, 0.6) is 5.75 Å². The average Bonchev–Trinajstić information content (AvgIpc) is 2.97. The molecule has 1 N–H and O–H groups in total. The van der Waals surface area contributed by atoms with Crippen molar-refractivity contribution in [1.82, 2.24) is 0 Å². The highest BCUT2D eigenvalue weighted by Crippen LogP contribution is 2.35. The zero-order valence-electron chi connectivity index (χ0n) is 14.2. The van der Waals surface area contributed by atoms with Gasteiger partial charge in [-0.25, -0.2) is 4.39 Å². The third kappa shape index (κ3) is 3.86. The molecule has 3 aromatic carbocycles. The molecule has 0 radical (unpaired) electrons. The highest BCUT2D eigenvalue weighted by Gasteiger charge is 2.24. The standard InChI is InChI=1S/C22H15ClFNO2/c23-16-5-10-21-19(12-16)20(22(26)25-21)11-14-3-8-18(9-4-14)27-13-15-1-6-17(24)7-2-15/h1-12H,13H2,(H,25,26)/b20-11-. The molecule has 1 aliphatic rings. The van der Waals surface area contributed by atoms with Crippen molar-refractivity contribution in [2.75, 3.05) is 5.32 Å². The van der Waals surface area contributed by atoms with E-state index in [9.17, 15) is 9.18 Å². The Morgan fingerprint density at radius 3 is 2.48 bits per heavy atom. The lowest BCUT2D eigenvalue weighted by Gasteiger charge is -2.07. The minimum absolute atomic E-state index is 0.149. The molecular formula is C22H15ClFNO2. The lowest BCUT2D eigenvalue weighted by Crippen LogP contribution is -2.03. The summed E-state index contributed by atoms with van der Waals surface area (Å²) in [7, 11) is 0. The van der Waals surface area contributed by atoms with Gasteiger partial charge >= 0.3 is 0 Å². The van der Waals surface area contributed by atoms with Crippen molar-refractivity contribution in [2.45, 2.75) is 6.61 Å². The van der Waals surface area contributed by atoms with Crippen molar-refractivity contribution in [2.24, 2.45) is 0 Å². The highest BCUT2D eigenvalue weighted by molar-refractivity contribution is 6.36. The van der Waals surface area contributed by atoms with Gasteiger partial charge in [0.05, 0.1) is 0 Å². The molecule has 1 heterocycles. The molecule has 3 aromatic rings. The van der Waals surface area contributed by atoms with E-state index in [0.717, 1.165) is 22.4 Å². The Bertz CT molecular complexity index is 1030. The van der Waals surface area contributed by atoms with Gasteiger partial charge in [0.25, 0.3) is 5.91 Å². The predicted molar refractivity (Wildman–Crippen MR) is 105 cm³/mol. The van der Waals surface area contributed by atoms with E-state index in [4.69, 9.17) is 16.3 Å². The van der Waals surface area contributed by atoms with E-state index >= 15 is 0 Å². The summed E-state index contributed by atoms with van der Waals surface area (Å²) < 4.78 is 18.6. The highest BCUT2D eigenvalue weighted by atomic mass is 35.5. The summed E-state index contributed by atoms with van der Waals surface area (Å²) in [6.07, 6.45) is 1.82. The summed E-state index contributed by atoms with van der Waals surface area (Å²) in [6, 6.07) is 18.9. The summed E-state index contributed by atoms with van der Waals surface area (Å²) in [5.74, 6) is 0.277. The number of fused-ring (bicyclic) bond motifs is 1. The maximum Gasteiger partial charge on any atom is 0.256 e. The van der Waals surface area contributed by atoms with E-state index in [2.05, 4.69) is 5.32 Å². The second-order valence-corrected chi connectivity index (χ2v) is 6.62. The number of amides is 1. The van der Waals surface area contributed by atoms with Gasteiger partial charge in [-0.05, 0) is 59.7 Å². The molecule has 0 bridgehead atoms. The van der Waals surface area contributed by atoms with Gasteiger partial charge in [-0.2, -0.15) is 0 Å². The van der Waals surface area contributed by atoms with E-state index in [1.165, 1.54) is 12.1 Å². The maximum atomic E-state index is 12.9. The summed E-state index contributed by atoms with van der Waals surface area (Å²) in [6.45, 7) is 0.356. The molecule has 27 heavy (non-hydrogen) atoms. The molecule has 0 unspecified atom stereocenters. The number of ether oxygens (including phenoxy) is 1. The van der Waals surface area contributed by atoms with Crippen LogP contribution in [0, 0.1) is 5.82 Å². The molecular weight excluding hydrogens is 365 g/mol. The van der Waals surface area contributed by atoms with Crippen LogP contribution in [0.15, 0.2) is 66.7 Å². The molecule has 4 rings (SSSR count). The summed E-state index contributed by atoms with van der Waals surface area (Å²) in [5.41, 5.74) is 3.90. The van der Waals surface area contributed by atoms with Crippen molar-refractivity contribution >= 4 is 34.8 Å². The van der Waals surface area contributed by atoms with Crippen LogP contribution in [0.4, 0.5) is 10.1 Å². The molecule has 5 heteroatoms. The largest absolute Gasteiger partial charge is 0.489 e. The molecule has 1 aliphatic heterocycles. The molecule has 0 aliphatic carbocycles. The predicted octanol–water partition coefficient (Wildman–Crippen LogP) is 5.55. The topological polar surface area (TPSA) is 38.3 Å². The first-order valence-electron chi connectivity index (χ1n) is 8.39. The number of halogens is 2. The van der Waals surface area contributed by atoms with E-state index in [0.29, 0.717) is 23.0 Å². The van der Waals surface area contributed by atoms with Crippen LogP contribution in [0.2, 0.25) is 5.02 Å². The molecule has 0 spiro atoms. The number of anilines is 1. The van der Waals surface area contributed by atoms with Crippen molar-refractivity contribution in [3.63, 3.8) is 0 Å². The Balaban J connectivity index is 1.50. The lowest BCUT2D eigenvalue weighted by atomic mass is 10.0. The van der Waals surface area contributed by atoms with Crippen molar-refractivity contribution < 1.29 is 13.9 Å². The smallest absolute Gasteiger partial charge is 0.256 e. The second-order valence-electron chi connectivity index (χ2n) is 6.19. The molecule has 0 saturated carbocycles. The molecule has 3 nitrogen and oxygen atoms in total. The van der Waals surface area contributed by atoms with Gasteiger partial charge in [0.2, 0.25) is 0 Å². The summed E-state index contributed by atoms with van der Waals surface area (Å²) in [5, 5.41) is 3.42. The van der Waals surface area contributed by atoms with Crippen molar-refractivity contribution in [3.05, 3.63) is 94.3 Å². The van der Waals surface area contributed by atoms with E-state index in [1.807, 2.05) is 30.3 Å². The fourth-order valence-electron chi connectivity index (χ4n) is 2.88. The fourth-order valence-corrected chi connectivity index (χ4v) is 3.05. The van der Waals surface area contributed by atoms with Crippen LogP contribution in [0.3, 0.4) is 0 Å². The minimum Gasteiger partial charge on any atom is -0.489 e. The summed E-state index contributed by atoms with van der Waals surface area (Å²) >= 11 is 6.05. The number of hydrogen-bond acceptors (Lipinski definition) is 2. The first-order valence-corrected chi connectivity index (χ1v) is 8.76. The Kier molecular flexibility index (Phi) is 4.65. The van der Waals surface area contributed by atoms with Gasteiger partial charge in [-0.1, -0.05) is 35.9 Å². The molecule has 0 fully saturated rings. The van der Waals surface area contributed by atoms with Crippen LogP contribution in [0.25, 0.3) is 11.6 Å². The zero-order chi connectivity index (χ0) is 18.8. The molecule has 0 aromatic heterocycles. The lowest BCUT2D eigenvalue weighted by molar-refractivity contribution is -0.110. The van der Waals surface area contributed by atoms with Gasteiger partial charge in [0.15, 0.2) is 0 Å². The van der Waals surface area contributed by atoms with Crippen LogP contribution < -0.4 is 10.1 Å². The minimum atomic E-state index is -0.269. The Morgan fingerprint density at radius 2 is 1.74 bits per heavy atom. The Hall–Kier alpha value is -3.11. The molecule has 134 valence electrons. The Labute approximate surface area is 161 Å². The number of rotatable bonds is 4. The average molecular weight is 380 g/mol. The molecule has 0 saturated heterocycles. The quantitative estimate of drug-likeness (QED) is 0.603. The van der Waals surface area contributed by atoms with Crippen LogP contribution in [0.1, 0.15) is 16.7 Å². The first kappa shape index (κ1) is 17.3. The fraction of sp³-hybridized carbons (Fsp3) is 0.0455. The van der Waals surface area contributed by atoms with Gasteiger partial charge < -0.3 is 10.1 Å². The number of hydrogen-bond donors (Lipinski definition) is 1. The van der Waals surface area contributed by atoms with Crippen molar-refractivity contribution in [1.29, 1.82) is 0 Å². The third-order valence-corrected chi connectivity index (χ3v) is 4.51.